The van der Waals surface area contributed by atoms with E-state index in [0.717, 1.165) is 25.7 Å². The predicted molar refractivity (Wildman–Crippen MR) is 151 cm³/mol. The lowest BCUT2D eigenvalue weighted by Gasteiger charge is -2.30. The van der Waals surface area contributed by atoms with Gasteiger partial charge in [0, 0.05) is 24.6 Å². The summed E-state index contributed by atoms with van der Waals surface area (Å²) in [5.41, 5.74) is 0.765. The van der Waals surface area contributed by atoms with Gasteiger partial charge in [-0.05, 0) is 67.9 Å². The van der Waals surface area contributed by atoms with Crippen LogP contribution in [0.15, 0.2) is 40.9 Å². The zero-order valence-corrected chi connectivity index (χ0v) is 23.4. The Bertz CT molecular complexity index is 1250. The van der Waals surface area contributed by atoms with Crippen LogP contribution in [0, 0.1) is 17.8 Å². The first-order chi connectivity index (χ1) is 18.9. The molecule has 0 radical (unpaired) electrons. The van der Waals surface area contributed by atoms with E-state index in [1.54, 1.807) is 37.4 Å². The molecule has 0 atom stereocenters. The zero-order chi connectivity index (χ0) is 27.8. The molecule has 1 saturated carbocycles. The molecule has 0 aliphatic heterocycles. The van der Waals surface area contributed by atoms with Gasteiger partial charge in [0.05, 0.1) is 24.8 Å². The second-order valence-corrected chi connectivity index (χ2v) is 10.5. The lowest BCUT2D eigenvalue weighted by atomic mass is 9.76. The summed E-state index contributed by atoms with van der Waals surface area (Å²) in [5.74, 6) is 1.34. The van der Waals surface area contributed by atoms with E-state index >= 15 is 0 Å². The number of furan rings is 1. The van der Waals surface area contributed by atoms with E-state index in [1.807, 2.05) is 0 Å². The van der Waals surface area contributed by atoms with Crippen molar-refractivity contribution in [3.63, 3.8) is 0 Å². The van der Waals surface area contributed by atoms with Gasteiger partial charge in [-0.1, -0.05) is 25.4 Å². The molecular formula is C29H36ClN3O6. The minimum atomic E-state index is -0.533. The molecule has 10 heteroatoms. The standard InChI is InChI=1S/C29H36ClN3O6/c1-18(2)19-4-6-20(7-5-19)28(34)33-26-23-16-22(38-15-14-37-13-12-36-3)9-10-24(23)39-27(26)29(35)32-25-11-8-21(30)17-31-25/h8-11,16-20H,4-7,12-15H2,1-3H3,(H,33,34)(H,31,32,35). The Morgan fingerprint density at radius 1 is 1.05 bits per heavy atom. The Balaban J connectivity index is 1.55. The van der Waals surface area contributed by atoms with Gasteiger partial charge in [-0.2, -0.15) is 0 Å². The fourth-order valence-corrected chi connectivity index (χ4v) is 4.92. The lowest BCUT2D eigenvalue weighted by Crippen LogP contribution is -2.29. The van der Waals surface area contributed by atoms with Crippen molar-refractivity contribution in [3.05, 3.63) is 47.3 Å². The third kappa shape index (κ3) is 7.71. The summed E-state index contributed by atoms with van der Waals surface area (Å²) in [4.78, 5) is 30.8. The Morgan fingerprint density at radius 2 is 1.82 bits per heavy atom. The number of halogens is 1. The molecule has 2 amide bonds. The Hall–Kier alpha value is -3.14. The maximum atomic E-state index is 13.4. The number of ether oxygens (including phenoxy) is 3. The summed E-state index contributed by atoms with van der Waals surface area (Å²) in [6.45, 7) is 6.19. The van der Waals surface area contributed by atoms with Gasteiger partial charge < -0.3 is 29.3 Å². The molecule has 39 heavy (non-hydrogen) atoms. The first kappa shape index (κ1) is 28.9. The zero-order valence-electron chi connectivity index (χ0n) is 22.6. The molecule has 2 aromatic heterocycles. The van der Waals surface area contributed by atoms with Crippen molar-refractivity contribution in [2.45, 2.75) is 39.5 Å². The second-order valence-electron chi connectivity index (χ2n) is 10.1. The van der Waals surface area contributed by atoms with Gasteiger partial charge >= 0.3 is 0 Å². The van der Waals surface area contributed by atoms with Crippen LogP contribution >= 0.6 is 11.6 Å². The maximum absolute atomic E-state index is 13.4. The van der Waals surface area contributed by atoms with Crippen molar-refractivity contribution in [2.75, 3.05) is 44.2 Å². The SMILES string of the molecule is COCCOCCOc1ccc2oc(C(=O)Nc3ccc(Cl)cn3)c(NC(=O)C3CCC(C(C)C)CC3)c2c1. The summed E-state index contributed by atoms with van der Waals surface area (Å²) in [5, 5.41) is 6.76. The minimum Gasteiger partial charge on any atom is -0.491 e. The predicted octanol–water partition coefficient (Wildman–Crippen LogP) is 6.18. The van der Waals surface area contributed by atoms with Crippen LogP contribution in [0.4, 0.5) is 11.5 Å². The van der Waals surface area contributed by atoms with Crippen LogP contribution in [0.1, 0.15) is 50.1 Å². The molecule has 0 spiro atoms. The van der Waals surface area contributed by atoms with Crippen molar-refractivity contribution in [1.29, 1.82) is 0 Å². The average Bonchev–Trinajstić information content (AvgIpc) is 3.29. The number of benzene rings is 1. The van der Waals surface area contributed by atoms with Gasteiger partial charge in [0.1, 0.15) is 29.4 Å². The fourth-order valence-electron chi connectivity index (χ4n) is 4.81. The van der Waals surface area contributed by atoms with E-state index in [0.29, 0.717) is 71.5 Å². The number of amides is 2. The first-order valence-electron chi connectivity index (χ1n) is 13.4. The average molecular weight is 558 g/mol. The summed E-state index contributed by atoms with van der Waals surface area (Å²) in [7, 11) is 1.62. The van der Waals surface area contributed by atoms with Crippen molar-refractivity contribution >= 4 is 45.9 Å². The second kappa shape index (κ2) is 13.8. The fraction of sp³-hybridized carbons (Fsp3) is 0.483. The maximum Gasteiger partial charge on any atom is 0.294 e. The molecule has 2 heterocycles. The number of aromatic nitrogens is 1. The Labute approximate surface area is 233 Å². The molecule has 1 aromatic carbocycles. The molecule has 0 bridgehead atoms. The third-order valence-electron chi connectivity index (χ3n) is 7.10. The monoisotopic (exact) mass is 557 g/mol. The lowest BCUT2D eigenvalue weighted by molar-refractivity contribution is -0.121. The summed E-state index contributed by atoms with van der Waals surface area (Å²) >= 11 is 5.92. The van der Waals surface area contributed by atoms with Crippen LogP contribution in [-0.2, 0) is 14.3 Å². The van der Waals surface area contributed by atoms with Crippen molar-refractivity contribution in [1.82, 2.24) is 4.98 Å². The number of carbonyl (C=O) groups excluding carboxylic acids is 2. The molecule has 3 aromatic rings. The van der Waals surface area contributed by atoms with Crippen molar-refractivity contribution < 1.29 is 28.2 Å². The number of hydrogen-bond acceptors (Lipinski definition) is 7. The highest BCUT2D eigenvalue weighted by molar-refractivity contribution is 6.30. The van der Waals surface area contributed by atoms with Gasteiger partial charge in [-0.3, -0.25) is 9.59 Å². The molecule has 210 valence electrons. The molecule has 2 N–H and O–H groups in total. The van der Waals surface area contributed by atoms with Gasteiger partial charge in [-0.15, -0.1) is 0 Å². The number of fused-ring (bicyclic) bond motifs is 1. The molecule has 1 aliphatic carbocycles. The quantitative estimate of drug-likeness (QED) is 0.256. The Kier molecular flexibility index (Phi) is 10.2. The third-order valence-corrected chi connectivity index (χ3v) is 7.32. The van der Waals surface area contributed by atoms with E-state index in [-0.39, 0.29) is 17.6 Å². The number of nitrogens with one attached hydrogen (secondary N) is 2. The number of hydrogen-bond donors (Lipinski definition) is 2. The number of anilines is 2. The van der Waals surface area contributed by atoms with Crippen LogP contribution in [0.2, 0.25) is 5.02 Å². The summed E-state index contributed by atoms with van der Waals surface area (Å²) in [6, 6.07) is 8.45. The van der Waals surface area contributed by atoms with Crippen molar-refractivity contribution in [2.24, 2.45) is 17.8 Å². The van der Waals surface area contributed by atoms with Gasteiger partial charge in [0.25, 0.3) is 5.91 Å². The van der Waals surface area contributed by atoms with Gasteiger partial charge in [0.15, 0.2) is 0 Å². The smallest absolute Gasteiger partial charge is 0.294 e. The van der Waals surface area contributed by atoms with E-state index in [2.05, 4.69) is 29.5 Å². The van der Waals surface area contributed by atoms with E-state index in [9.17, 15) is 9.59 Å². The van der Waals surface area contributed by atoms with Gasteiger partial charge in [0.2, 0.25) is 11.7 Å². The molecule has 0 unspecified atom stereocenters. The number of nitrogens with zero attached hydrogens (tertiary/aromatic N) is 1. The minimum absolute atomic E-state index is 0.00832. The number of carbonyl (C=O) groups is 2. The molecule has 0 saturated heterocycles. The summed E-state index contributed by atoms with van der Waals surface area (Å²) in [6.07, 6.45) is 5.11. The number of rotatable bonds is 12. The molecular weight excluding hydrogens is 522 g/mol. The van der Waals surface area contributed by atoms with E-state index < -0.39 is 5.91 Å². The van der Waals surface area contributed by atoms with E-state index in [4.69, 9.17) is 30.2 Å². The van der Waals surface area contributed by atoms with E-state index in [1.165, 1.54) is 6.20 Å². The van der Waals surface area contributed by atoms with Gasteiger partial charge in [-0.25, -0.2) is 4.98 Å². The molecule has 9 nitrogen and oxygen atoms in total. The van der Waals surface area contributed by atoms with Crippen LogP contribution in [0.25, 0.3) is 11.0 Å². The highest BCUT2D eigenvalue weighted by Crippen LogP contribution is 2.37. The van der Waals surface area contributed by atoms with Crippen LogP contribution in [0.3, 0.4) is 0 Å². The normalized spacial score (nSPS) is 17.4. The first-order valence-corrected chi connectivity index (χ1v) is 13.7. The van der Waals surface area contributed by atoms with Crippen LogP contribution in [0.5, 0.6) is 5.75 Å². The summed E-state index contributed by atoms with van der Waals surface area (Å²) < 4.78 is 22.2. The highest BCUT2D eigenvalue weighted by Gasteiger charge is 2.30. The number of pyridine rings is 1. The van der Waals surface area contributed by atoms with Crippen LogP contribution < -0.4 is 15.4 Å². The van der Waals surface area contributed by atoms with Crippen molar-refractivity contribution in [3.8, 4) is 5.75 Å². The largest absolute Gasteiger partial charge is 0.491 e. The molecule has 1 fully saturated rings. The number of methoxy groups -OCH3 is 1. The molecule has 4 rings (SSSR count). The highest BCUT2D eigenvalue weighted by atomic mass is 35.5. The molecule has 1 aliphatic rings. The topological polar surface area (TPSA) is 112 Å². The Morgan fingerprint density at radius 3 is 2.51 bits per heavy atom. The van der Waals surface area contributed by atoms with Crippen LogP contribution in [-0.4, -0.2) is 50.3 Å².